The highest BCUT2D eigenvalue weighted by Gasteiger charge is 2.39. The van der Waals surface area contributed by atoms with E-state index in [0.717, 1.165) is 15.6 Å². The van der Waals surface area contributed by atoms with Gasteiger partial charge in [0.1, 0.15) is 0 Å². The quantitative estimate of drug-likeness (QED) is 0.517. The predicted octanol–water partition coefficient (Wildman–Crippen LogP) is 4.88. The number of nitrogens with zero attached hydrogens (tertiary/aromatic N) is 1. The third-order valence-electron chi connectivity index (χ3n) is 4.71. The van der Waals surface area contributed by atoms with Gasteiger partial charge in [0.25, 0.3) is 5.91 Å². The monoisotopic (exact) mass is 425 g/mol. The lowest BCUT2D eigenvalue weighted by Crippen LogP contribution is -2.28. The van der Waals surface area contributed by atoms with Gasteiger partial charge in [0, 0.05) is 10.2 Å². The summed E-state index contributed by atoms with van der Waals surface area (Å²) in [4.78, 5) is 27.4. The van der Waals surface area contributed by atoms with E-state index in [2.05, 4.69) is 15.9 Å². The maximum Gasteiger partial charge on any atom is 0.340 e. The molecule has 2 aromatic carbocycles. The number of rotatable bonds is 4. The minimum atomic E-state index is -0.512. The molecule has 0 aliphatic carbocycles. The molecule has 0 saturated heterocycles. The molecule has 1 aliphatic rings. The van der Waals surface area contributed by atoms with Gasteiger partial charge < -0.3 is 9.64 Å². The number of hydrogen-bond donors (Lipinski definition) is 0. The third-order valence-corrected chi connectivity index (χ3v) is 5.43. The Morgan fingerprint density at radius 1 is 1.11 bits per heavy atom. The Labute approximate surface area is 167 Å². The maximum atomic E-state index is 13.3. The number of carbonyl (C=O) groups is 2. The second-order valence-electron chi connectivity index (χ2n) is 6.29. The average Bonchev–Trinajstić information content (AvgIpc) is 2.93. The van der Waals surface area contributed by atoms with Crippen molar-refractivity contribution in [2.75, 3.05) is 7.11 Å². The van der Waals surface area contributed by atoms with E-state index in [1.807, 2.05) is 61.5 Å². The molecular formula is C22H20BrNO3. The van der Waals surface area contributed by atoms with Crippen molar-refractivity contribution in [3.05, 3.63) is 87.0 Å². The molecule has 1 unspecified atom stereocenters. The number of amides is 1. The fraction of sp³-hybridized carbons (Fsp3) is 0.182. The van der Waals surface area contributed by atoms with Gasteiger partial charge in [0.15, 0.2) is 0 Å². The van der Waals surface area contributed by atoms with Crippen LogP contribution >= 0.6 is 15.9 Å². The van der Waals surface area contributed by atoms with Crippen molar-refractivity contribution in [1.82, 2.24) is 4.90 Å². The molecule has 0 radical (unpaired) electrons. The molecule has 27 heavy (non-hydrogen) atoms. The first kappa shape index (κ1) is 19.1. The predicted molar refractivity (Wildman–Crippen MR) is 109 cm³/mol. The topological polar surface area (TPSA) is 46.6 Å². The molecule has 0 spiro atoms. The van der Waals surface area contributed by atoms with Crippen LogP contribution in [0, 0.1) is 0 Å². The number of carbonyl (C=O) groups excluding carboxylic acids is 2. The van der Waals surface area contributed by atoms with Gasteiger partial charge in [-0.25, -0.2) is 4.79 Å². The zero-order valence-corrected chi connectivity index (χ0v) is 17.0. The molecule has 0 N–H and O–H groups in total. The van der Waals surface area contributed by atoms with Gasteiger partial charge in [0.05, 0.1) is 24.3 Å². The van der Waals surface area contributed by atoms with Crippen molar-refractivity contribution in [2.45, 2.75) is 19.9 Å². The van der Waals surface area contributed by atoms with Crippen molar-refractivity contribution in [1.29, 1.82) is 0 Å². The summed E-state index contributed by atoms with van der Waals surface area (Å²) in [7, 11) is 1.33. The minimum Gasteiger partial charge on any atom is -0.465 e. The van der Waals surface area contributed by atoms with Crippen molar-refractivity contribution in [2.24, 2.45) is 0 Å². The molecule has 4 nitrogen and oxygen atoms in total. The zero-order valence-electron chi connectivity index (χ0n) is 15.4. The fourth-order valence-electron chi connectivity index (χ4n) is 3.29. The smallest absolute Gasteiger partial charge is 0.340 e. The summed E-state index contributed by atoms with van der Waals surface area (Å²) in [6.45, 7) is 3.73. The Kier molecular flexibility index (Phi) is 5.61. The number of ether oxygens (including phenoxy) is 1. The Morgan fingerprint density at radius 3 is 2.37 bits per heavy atom. The maximum absolute atomic E-state index is 13.3. The molecule has 1 heterocycles. The van der Waals surface area contributed by atoms with E-state index < -0.39 is 5.97 Å². The lowest BCUT2D eigenvalue weighted by molar-refractivity contribution is -0.136. The molecule has 3 rings (SSSR count). The highest BCUT2D eigenvalue weighted by molar-refractivity contribution is 9.10. The van der Waals surface area contributed by atoms with Crippen LogP contribution in [0.25, 0.3) is 6.08 Å². The number of allylic oxidation sites excluding steroid dienone is 1. The largest absolute Gasteiger partial charge is 0.465 e. The number of benzene rings is 2. The Hall–Kier alpha value is -2.66. The van der Waals surface area contributed by atoms with Crippen LogP contribution in [0.3, 0.4) is 0 Å². The molecule has 0 fully saturated rings. The van der Waals surface area contributed by atoms with Crippen LogP contribution < -0.4 is 0 Å². The standard InChI is InChI=1S/C22H20BrNO3/c1-14(16-9-5-4-6-10-16)24-15(2)20(22(26)27-3)18(21(24)25)13-17-11-7-8-12-19(17)23/h4-14H,1-3H3/b18-13-. The third kappa shape index (κ3) is 3.60. The number of methoxy groups -OCH3 is 1. The molecule has 0 aromatic heterocycles. The van der Waals surface area contributed by atoms with Gasteiger partial charge in [-0.05, 0) is 37.1 Å². The molecule has 1 aliphatic heterocycles. The zero-order chi connectivity index (χ0) is 19.6. The fourth-order valence-corrected chi connectivity index (χ4v) is 3.69. The lowest BCUT2D eigenvalue weighted by atomic mass is 10.0. The van der Waals surface area contributed by atoms with Crippen LogP contribution in [0.2, 0.25) is 0 Å². The SMILES string of the molecule is COC(=O)C1=C(C)N(C(C)c2ccccc2)C(=O)/C1=C\c1ccccc1Br. The Bertz CT molecular complexity index is 947. The van der Waals surface area contributed by atoms with E-state index in [9.17, 15) is 9.59 Å². The molecule has 2 aromatic rings. The summed E-state index contributed by atoms with van der Waals surface area (Å²) in [5.74, 6) is -0.720. The van der Waals surface area contributed by atoms with Crippen LogP contribution in [0.5, 0.6) is 0 Å². The highest BCUT2D eigenvalue weighted by Crippen LogP contribution is 2.38. The van der Waals surface area contributed by atoms with E-state index in [4.69, 9.17) is 4.74 Å². The van der Waals surface area contributed by atoms with Gasteiger partial charge in [-0.1, -0.05) is 64.5 Å². The van der Waals surface area contributed by atoms with Gasteiger partial charge in [0.2, 0.25) is 0 Å². The average molecular weight is 426 g/mol. The van der Waals surface area contributed by atoms with E-state index in [-0.39, 0.29) is 11.9 Å². The molecular weight excluding hydrogens is 406 g/mol. The summed E-state index contributed by atoms with van der Waals surface area (Å²) < 4.78 is 5.81. The Morgan fingerprint density at radius 2 is 1.74 bits per heavy atom. The lowest BCUT2D eigenvalue weighted by Gasteiger charge is -2.26. The molecule has 0 bridgehead atoms. The van der Waals surface area contributed by atoms with E-state index in [0.29, 0.717) is 16.8 Å². The van der Waals surface area contributed by atoms with E-state index in [1.54, 1.807) is 17.9 Å². The van der Waals surface area contributed by atoms with Gasteiger partial charge in [-0.2, -0.15) is 0 Å². The van der Waals surface area contributed by atoms with Crippen molar-refractivity contribution < 1.29 is 14.3 Å². The summed E-state index contributed by atoms with van der Waals surface area (Å²) in [6, 6.07) is 17.1. The molecule has 1 atom stereocenters. The van der Waals surface area contributed by atoms with Crippen molar-refractivity contribution in [3.63, 3.8) is 0 Å². The van der Waals surface area contributed by atoms with Crippen LogP contribution in [0.15, 0.2) is 75.9 Å². The summed E-state index contributed by atoms with van der Waals surface area (Å²) in [5.41, 5.74) is 3.07. The molecule has 138 valence electrons. The molecule has 0 saturated carbocycles. The van der Waals surface area contributed by atoms with Crippen molar-refractivity contribution >= 4 is 33.9 Å². The van der Waals surface area contributed by atoms with Crippen LogP contribution in [0.1, 0.15) is 31.0 Å². The molecule has 1 amide bonds. The number of esters is 1. The van der Waals surface area contributed by atoms with E-state index in [1.165, 1.54) is 7.11 Å². The van der Waals surface area contributed by atoms with Crippen LogP contribution in [-0.4, -0.2) is 23.9 Å². The number of halogens is 1. The highest BCUT2D eigenvalue weighted by atomic mass is 79.9. The minimum absolute atomic E-state index is 0.205. The van der Waals surface area contributed by atoms with Gasteiger partial charge in [-0.15, -0.1) is 0 Å². The normalized spacial score (nSPS) is 16.8. The first-order valence-electron chi connectivity index (χ1n) is 8.60. The summed E-state index contributed by atoms with van der Waals surface area (Å²) in [6.07, 6.45) is 1.74. The summed E-state index contributed by atoms with van der Waals surface area (Å²) in [5, 5.41) is 0. The van der Waals surface area contributed by atoms with Crippen molar-refractivity contribution in [3.8, 4) is 0 Å². The first-order valence-corrected chi connectivity index (χ1v) is 9.39. The van der Waals surface area contributed by atoms with Gasteiger partial charge >= 0.3 is 5.97 Å². The number of hydrogen-bond acceptors (Lipinski definition) is 3. The van der Waals surface area contributed by atoms with Crippen LogP contribution in [-0.2, 0) is 14.3 Å². The second-order valence-corrected chi connectivity index (χ2v) is 7.15. The first-order chi connectivity index (χ1) is 13.0. The van der Waals surface area contributed by atoms with E-state index >= 15 is 0 Å². The van der Waals surface area contributed by atoms with Crippen LogP contribution in [0.4, 0.5) is 0 Å². The Balaban J connectivity index is 2.11. The molecule has 5 heteroatoms. The second kappa shape index (κ2) is 7.92. The summed E-state index contributed by atoms with van der Waals surface area (Å²) >= 11 is 3.49. The van der Waals surface area contributed by atoms with Gasteiger partial charge in [-0.3, -0.25) is 4.79 Å².